The molecule has 8 nitrogen and oxygen atoms in total. The minimum atomic E-state index is 0.516. The first-order valence-corrected chi connectivity index (χ1v) is 9.89. The lowest BCUT2D eigenvalue weighted by atomic mass is 10.1. The van der Waals surface area contributed by atoms with Gasteiger partial charge < -0.3 is 14.2 Å². The second kappa shape index (κ2) is 7.01. The zero-order valence-corrected chi connectivity index (χ0v) is 16.4. The fourth-order valence-corrected chi connectivity index (χ4v) is 3.77. The summed E-state index contributed by atoms with van der Waals surface area (Å²) in [5, 5.41) is 9.50. The summed E-state index contributed by atoms with van der Waals surface area (Å²) in [6.07, 6.45) is 4.00. The molecular weight excluding hydrogens is 354 g/mol. The Kier molecular flexibility index (Phi) is 4.35. The van der Waals surface area contributed by atoms with Crippen LogP contribution in [-0.4, -0.2) is 65.3 Å². The van der Waals surface area contributed by atoms with Crippen molar-refractivity contribution >= 4 is 22.4 Å². The maximum Gasteiger partial charge on any atom is 0.230 e. The van der Waals surface area contributed by atoms with Crippen LogP contribution in [0.5, 0.6) is 0 Å². The molecule has 146 valence electrons. The highest BCUT2D eigenvalue weighted by Crippen LogP contribution is 2.39. The van der Waals surface area contributed by atoms with Gasteiger partial charge in [0, 0.05) is 57.3 Å². The number of piperazine rings is 1. The zero-order chi connectivity index (χ0) is 19.1. The average molecular weight is 379 g/mol. The SMILES string of the molecule is CN(C)c1ncnc2ccc(N3CCN(Cc4nnc(C5CC5)o4)CC3)cc12. The van der Waals surface area contributed by atoms with Crippen LogP contribution in [0.15, 0.2) is 28.9 Å². The number of rotatable bonds is 5. The molecule has 1 saturated heterocycles. The first-order valence-electron chi connectivity index (χ1n) is 9.89. The van der Waals surface area contributed by atoms with E-state index in [-0.39, 0.29) is 0 Å². The first-order chi connectivity index (χ1) is 13.7. The lowest BCUT2D eigenvalue weighted by molar-refractivity contribution is 0.224. The maximum atomic E-state index is 5.81. The van der Waals surface area contributed by atoms with Crippen molar-refractivity contribution < 1.29 is 4.42 Å². The topological polar surface area (TPSA) is 74.4 Å². The summed E-state index contributed by atoms with van der Waals surface area (Å²) in [5.41, 5.74) is 2.20. The Labute approximate surface area is 164 Å². The largest absolute Gasteiger partial charge is 0.424 e. The van der Waals surface area contributed by atoms with Crippen LogP contribution >= 0.6 is 0 Å². The Morgan fingerprint density at radius 2 is 1.89 bits per heavy atom. The minimum Gasteiger partial charge on any atom is -0.424 e. The Hall–Kier alpha value is -2.74. The van der Waals surface area contributed by atoms with Crippen LogP contribution < -0.4 is 9.80 Å². The van der Waals surface area contributed by atoms with E-state index < -0.39 is 0 Å². The van der Waals surface area contributed by atoms with Gasteiger partial charge in [0.05, 0.1) is 12.1 Å². The van der Waals surface area contributed by atoms with Crippen LogP contribution in [0.25, 0.3) is 10.9 Å². The van der Waals surface area contributed by atoms with Gasteiger partial charge in [-0.25, -0.2) is 9.97 Å². The fraction of sp³-hybridized carbons (Fsp3) is 0.500. The summed E-state index contributed by atoms with van der Waals surface area (Å²) in [5.74, 6) is 3.04. The molecule has 1 aliphatic heterocycles. The van der Waals surface area contributed by atoms with Gasteiger partial charge in [-0.05, 0) is 31.0 Å². The van der Waals surface area contributed by atoms with E-state index in [0.717, 1.165) is 61.2 Å². The number of hydrogen-bond donors (Lipinski definition) is 0. The van der Waals surface area contributed by atoms with Gasteiger partial charge >= 0.3 is 0 Å². The van der Waals surface area contributed by atoms with Crippen molar-refractivity contribution in [1.82, 2.24) is 25.1 Å². The average Bonchev–Trinajstić information content (AvgIpc) is 3.47. The van der Waals surface area contributed by atoms with E-state index in [1.807, 2.05) is 19.0 Å². The van der Waals surface area contributed by atoms with Gasteiger partial charge in [-0.3, -0.25) is 4.90 Å². The molecule has 28 heavy (non-hydrogen) atoms. The van der Waals surface area contributed by atoms with Gasteiger partial charge in [-0.15, -0.1) is 10.2 Å². The molecule has 5 rings (SSSR count). The summed E-state index contributed by atoms with van der Waals surface area (Å²) in [6, 6.07) is 6.45. The second-order valence-electron chi connectivity index (χ2n) is 7.86. The van der Waals surface area contributed by atoms with Crippen molar-refractivity contribution in [3.8, 4) is 0 Å². The Morgan fingerprint density at radius 3 is 2.64 bits per heavy atom. The highest BCUT2D eigenvalue weighted by molar-refractivity contribution is 5.91. The standard InChI is InChI=1S/C20H25N7O/c1-25(2)19-16-11-15(5-6-17(16)21-13-22-19)27-9-7-26(8-10-27)12-18-23-24-20(28-18)14-3-4-14/h5-6,11,13-14H,3-4,7-10,12H2,1-2H3. The predicted molar refractivity (Wildman–Crippen MR) is 108 cm³/mol. The number of hydrogen-bond acceptors (Lipinski definition) is 8. The molecule has 8 heteroatoms. The van der Waals surface area contributed by atoms with Gasteiger partial charge in [0.15, 0.2) is 0 Å². The van der Waals surface area contributed by atoms with Crippen LogP contribution in [0.2, 0.25) is 0 Å². The number of aromatic nitrogens is 4. The number of nitrogens with zero attached hydrogens (tertiary/aromatic N) is 7. The van der Waals surface area contributed by atoms with Gasteiger partial charge in [0.25, 0.3) is 0 Å². The van der Waals surface area contributed by atoms with Crippen LogP contribution in [0.4, 0.5) is 11.5 Å². The minimum absolute atomic E-state index is 0.516. The second-order valence-corrected chi connectivity index (χ2v) is 7.86. The van der Waals surface area contributed by atoms with Crippen LogP contribution in [0.1, 0.15) is 30.5 Å². The van der Waals surface area contributed by atoms with Gasteiger partial charge in [-0.2, -0.15) is 0 Å². The summed E-state index contributed by atoms with van der Waals surface area (Å²) < 4.78 is 5.81. The van der Waals surface area contributed by atoms with Crippen LogP contribution in [-0.2, 0) is 6.54 Å². The van der Waals surface area contributed by atoms with E-state index in [9.17, 15) is 0 Å². The van der Waals surface area contributed by atoms with Crippen molar-refractivity contribution in [3.05, 3.63) is 36.3 Å². The molecule has 3 aromatic rings. The highest BCUT2D eigenvalue weighted by atomic mass is 16.4. The summed E-state index contributed by atoms with van der Waals surface area (Å²) in [7, 11) is 4.03. The van der Waals surface area contributed by atoms with Gasteiger partial charge in [0.2, 0.25) is 11.8 Å². The van der Waals surface area contributed by atoms with Crippen LogP contribution in [0.3, 0.4) is 0 Å². The maximum absolute atomic E-state index is 5.81. The van der Waals surface area contributed by atoms with E-state index in [4.69, 9.17) is 4.42 Å². The quantitative estimate of drug-likeness (QED) is 0.668. The fourth-order valence-electron chi connectivity index (χ4n) is 3.77. The normalized spacial score (nSPS) is 18.0. The molecular formula is C20H25N7O. The third-order valence-electron chi connectivity index (χ3n) is 5.53. The monoisotopic (exact) mass is 379 g/mol. The number of fused-ring (bicyclic) bond motifs is 1. The smallest absolute Gasteiger partial charge is 0.230 e. The van der Waals surface area contributed by atoms with E-state index in [0.29, 0.717) is 5.92 Å². The lowest BCUT2D eigenvalue weighted by Gasteiger charge is -2.35. The van der Waals surface area contributed by atoms with Gasteiger partial charge in [0.1, 0.15) is 12.1 Å². The van der Waals surface area contributed by atoms with Crippen LogP contribution in [0, 0.1) is 0 Å². The summed E-state index contributed by atoms with van der Waals surface area (Å²) >= 11 is 0. The molecule has 0 atom stereocenters. The van der Waals surface area contributed by atoms with Crippen molar-refractivity contribution in [2.45, 2.75) is 25.3 Å². The Morgan fingerprint density at radius 1 is 1.07 bits per heavy atom. The Balaban J connectivity index is 1.26. The van der Waals surface area contributed by atoms with Crippen molar-refractivity contribution in [2.75, 3.05) is 50.1 Å². The molecule has 0 N–H and O–H groups in total. The highest BCUT2D eigenvalue weighted by Gasteiger charge is 2.29. The zero-order valence-electron chi connectivity index (χ0n) is 16.4. The molecule has 1 aromatic carbocycles. The number of benzene rings is 1. The molecule has 2 fully saturated rings. The predicted octanol–water partition coefficient (Wildman–Crippen LogP) is 2.28. The summed E-state index contributed by atoms with van der Waals surface area (Å²) in [4.78, 5) is 15.7. The molecule has 2 aliphatic rings. The van der Waals surface area contributed by atoms with E-state index >= 15 is 0 Å². The summed E-state index contributed by atoms with van der Waals surface area (Å²) in [6.45, 7) is 4.64. The van der Waals surface area contributed by atoms with Gasteiger partial charge in [-0.1, -0.05) is 0 Å². The molecule has 3 heterocycles. The van der Waals surface area contributed by atoms with Crippen molar-refractivity contribution in [1.29, 1.82) is 0 Å². The molecule has 0 radical (unpaired) electrons. The molecule has 0 amide bonds. The van der Waals surface area contributed by atoms with E-state index in [2.05, 4.69) is 48.2 Å². The van der Waals surface area contributed by atoms with Crippen molar-refractivity contribution in [2.24, 2.45) is 0 Å². The lowest BCUT2D eigenvalue weighted by Crippen LogP contribution is -2.46. The first kappa shape index (κ1) is 17.4. The Bertz CT molecular complexity index is 974. The molecule has 0 spiro atoms. The third-order valence-corrected chi connectivity index (χ3v) is 5.53. The molecule has 2 aromatic heterocycles. The third kappa shape index (κ3) is 3.40. The van der Waals surface area contributed by atoms with Crippen molar-refractivity contribution in [3.63, 3.8) is 0 Å². The molecule has 1 aliphatic carbocycles. The molecule has 0 bridgehead atoms. The van der Waals surface area contributed by atoms with E-state index in [1.165, 1.54) is 18.5 Å². The molecule has 0 unspecified atom stereocenters. The number of anilines is 2. The molecule has 1 saturated carbocycles. The van der Waals surface area contributed by atoms with E-state index in [1.54, 1.807) is 6.33 Å².